The van der Waals surface area contributed by atoms with Gasteiger partial charge in [-0.1, -0.05) is 25.5 Å². The van der Waals surface area contributed by atoms with Gasteiger partial charge in [0.15, 0.2) is 0 Å². The summed E-state index contributed by atoms with van der Waals surface area (Å²) in [5.74, 6) is 0.947. The van der Waals surface area contributed by atoms with Crippen molar-refractivity contribution in [3.8, 4) is 5.75 Å². The van der Waals surface area contributed by atoms with E-state index in [1.807, 2.05) is 12.1 Å². The molecule has 0 saturated carbocycles. The first-order valence-corrected chi connectivity index (χ1v) is 7.29. The summed E-state index contributed by atoms with van der Waals surface area (Å²) in [6, 6.07) is 8.14. The van der Waals surface area contributed by atoms with Crippen LogP contribution in [0.25, 0.3) is 0 Å². The highest BCUT2D eigenvalue weighted by Crippen LogP contribution is 2.12. The van der Waals surface area contributed by atoms with Gasteiger partial charge in [0.25, 0.3) is 0 Å². The predicted molar refractivity (Wildman–Crippen MR) is 79.7 cm³/mol. The normalized spacial score (nSPS) is 10.9. The third-order valence-electron chi connectivity index (χ3n) is 3.12. The van der Waals surface area contributed by atoms with Crippen LogP contribution in [-0.2, 0) is 0 Å². The number of rotatable bonds is 10. The van der Waals surface area contributed by atoms with Crippen molar-refractivity contribution < 1.29 is 9.84 Å². The third kappa shape index (κ3) is 7.19. The molecule has 0 aliphatic rings. The minimum atomic E-state index is 0.239. The Labute approximate surface area is 117 Å². The monoisotopic (exact) mass is 265 g/mol. The van der Waals surface area contributed by atoms with Crippen molar-refractivity contribution in [2.75, 3.05) is 32.8 Å². The molecule has 0 amide bonds. The Balaban J connectivity index is 2.20. The fraction of sp³-hybridized carbons (Fsp3) is 0.625. The zero-order chi connectivity index (χ0) is 13.9. The molecule has 1 aromatic rings. The fourth-order valence-electron chi connectivity index (χ4n) is 2.04. The summed E-state index contributed by atoms with van der Waals surface area (Å²) in [6.45, 7) is 8.07. The van der Waals surface area contributed by atoms with E-state index in [2.05, 4.69) is 30.9 Å². The van der Waals surface area contributed by atoms with E-state index >= 15 is 0 Å². The highest BCUT2D eigenvalue weighted by molar-refractivity contribution is 5.27. The molecule has 0 fully saturated rings. The SMILES string of the molecule is CCCCN(CCO)CCCOc1cccc(C)c1. The molecular formula is C16H27NO2. The fourth-order valence-corrected chi connectivity index (χ4v) is 2.04. The Morgan fingerprint density at radius 3 is 2.63 bits per heavy atom. The Hall–Kier alpha value is -1.06. The molecule has 108 valence electrons. The van der Waals surface area contributed by atoms with Crippen LogP contribution in [0, 0.1) is 6.92 Å². The van der Waals surface area contributed by atoms with E-state index in [1.54, 1.807) is 0 Å². The van der Waals surface area contributed by atoms with Crippen LogP contribution in [0.2, 0.25) is 0 Å². The van der Waals surface area contributed by atoms with Crippen molar-refractivity contribution in [3.05, 3.63) is 29.8 Å². The molecule has 0 aliphatic heterocycles. The number of nitrogens with zero attached hydrogens (tertiary/aromatic N) is 1. The summed E-state index contributed by atoms with van der Waals surface area (Å²) in [5, 5.41) is 9.03. The summed E-state index contributed by atoms with van der Waals surface area (Å²) in [4.78, 5) is 2.31. The summed E-state index contributed by atoms with van der Waals surface area (Å²) >= 11 is 0. The smallest absolute Gasteiger partial charge is 0.119 e. The summed E-state index contributed by atoms with van der Waals surface area (Å²) in [7, 11) is 0. The van der Waals surface area contributed by atoms with Gasteiger partial charge in [-0.05, 0) is 44.0 Å². The molecule has 1 aromatic carbocycles. The van der Waals surface area contributed by atoms with Crippen molar-refractivity contribution in [2.24, 2.45) is 0 Å². The molecule has 0 atom stereocenters. The molecule has 0 unspecified atom stereocenters. The minimum absolute atomic E-state index is 0.239. The Morgan fingerprint density at radius 2 is 1.95 bits per heavy atom. The lowest BCUT2D eigenvalue weighted by molar-refractivity contribution is 0.181. The van der Waals surface area contributed by atoms with Crippen molar-refractivity contribution in [1.82, 2.24) is 4.90 Å². The lowest BCUT2D eigenvalue weighted by Crippen LogP contribution is -2.29. The first kappa shape index (κ1) is 16.0. The number of benzene rings is 1. The zero-order valence-corrected chi connectivity index (χ0v) is 12.3. The van der Waals surface area contributed by atoms with E-state index < -0.39 is 0 Å². The van der Waals surface area contributed by atoms with Gasteiger partial charge in [0.2, 0.25) is 0 Å². The molecule has 0 radical (unpaired) electrons. The molecular weight excluding hydrogens is 238 g/mol. The van der Waals surface area contributed by atoms with E-state index in [0.29, 0.717) is 0 Å². The van der Waals surface area contributed by atoms with E-state index in [4.69, 9.17) is 9.84 Å². The van der Waals surface area contributed by atoms with Gasteiger partial charge in [0, 0.05) is 13.1 Å². The van der Waals surface area contributed by atoms with E-state index in [1.165, 1.54) is 18.4 Å². The van der Waals surface area contributed by atoms with Crippen LogP contribution in [0.1, 0.15) is 31.7 Å². The third-order valence-corrected chi connectivity index (χ3v) is 3.12. The highest BCUT2D eigenvalue weighted by Gasteiger charge is 2.03. The van der Waals surface area contributed by atoms with Gasteiger partial charge in [0.05, 0.1) is 13.2 Å². The van der Waals surface area contributed by atoms with Gasteiger partial charge in [0.1, 0.15) is 5.75 Å². The van der Waals surface area contributed by atoms with Gasteiger partial charge < -0.3 is 14.7 Å². The average molecular weight is 265 g/mol. The standard InChI is InChI=1S/C16H27NO2/c1-3-4-9-17(11-12-18)10-6-13-19-16-8-5-7-15(2)14-16/h5,7-8,14,18H,3-4,6,9-13H2,1-2H3. The number of aliphatic hydroxyl groups excluding tert-OH is 1. The first-order chi connectivity index (χ1) is 9.26. The topological polar surface area (TPSA) is 32.7 Å². The van der Waals surface area contributed by atoms with Gasteiger partial charge >= 0.3 is 0 Å². The van der Waals surface area contributed by atoms with Crippen LogP contribution < -0.4 is 4.74 Å². The van der Waals surface area contributed by atoms with Gasteiger partial charge in [-0.2, -0.15) is 0 Å². The van der Waals surface area contributed by atoms with Crippen molar-refractivity contribution in [1.29, 1.82) is 0 Å². The second-order valence-corrected chi connectivity index (χ2v) is 4.94. The van der Waals surface area contributed by atoms with Crippen molar-refractivity contribution in [3.63, 3.8) is 0 Å². The van der Waals surface area contributed by atoms with Gasteiger partial charge in [-0.15, -0.1) is 0 Å². The molecule has 19 heavy (non-hydrogen) atoms. The molecule has 0 aliphatic carbocycles. The summed E-state index contributed by atoms with van der Waals surface area (Å²) < 4.78 is 5.73. The molecule has 0 spiro atoms. The van der Waals surface area contributed by atoms with Crippen LogP contribution >= 0.6 is 0 Å². The second-order valence-electron chi connectivity index (χ2n) is 4.94. The predicted octanol–water partition coefficient (Wildman–Crippen LogP) is 2.86. The second kappa shape index (κ2) is 9.82. The Bertz CT molecular complexity index is 341. The number of unbranched alkanes of at least 4 members (excludes halogenated alkanes) is 1. The Kier molecular flexibility index (Phi) is 8.26. The van der Waals surface area contributed by atoms with Gasteiger partial charge in [-0.25, -0.2) is 0 Å². The number of aryl methyl sites for hydroxylation is 1. The van der Waals surface area contributed by atoms with Crippen molar-refractivity contribution in [2.45, 2.75) is 33.1 Å². The number of ether oxygens (including phenoxy) is 1. The highest BCUT2D eigenvalue weighted by atomic mass is 16.5. The largest absolute Gasteiger partial charge is 0.494 e. The number of hydrogen-bond acceptors (Lipinski definition) is 3. The molecule has 0 heterocycles. The van der Waals surface area contributed by atoms with Crippen LogP contribution in [0.5, 0.6) is 5.75 Å². The van der Waals surface area contributed by atoms with E-state index in [9.17, 15) is 0 Å². The quantitative estimate of drug-likeness (QED) is 0.660. The Morgan fingerprint density at radius 1 is 1.16 bits per heavy atom. The maximum atomic E-state index is 9.03. The maximum Gasteiger partial charge on any atom is 0.119 e. The van der Waals surface area contributed by atoms with Crippen LogP contribution in [0.4, 0.5) is 0 Å². The van der Waals surface area contributed by atoms with E-state index in [0.717, 1.165) is 38.4 Å². The molecule has 1 rings (SSSR count). The molecule has 1 N–H and O–H groups in total. The van der Waals surface area contributed by atoms with Gasteiger partial charge in [-0.3, -0.25) is 0 Å². The first-order valence-electron chi connectivity index (χ1n) is 7.29. The lowest BCUT2D eigenvalue weighted by Gasteiger charge is -2.20. The maximum absolute atomic E-state index is 9.03. The molecule has 3 nitrogen and oxygen atoms in total. The average Bonchev–Trinajstić information content (AvgIpc) is 2.41. The van der Waals surface area contributed by atoms with Crippen LogP contribution in [0.3, 0.4) is 0 Å². The molecule has 0 bridgehead atoms. The summed E-state index contributed by atoms with van der Waals surface area (Å²) in [6.07, 6.45) is 3.39. The minimum Gasteiger partial charge on any atom is -0.494 e. The molecule has 0 aromatic heterocycles. The van der Waals surface area contributed by atoms with Crippen LogP contribution in [-0.4, -0.2) is 42.9 Å². The van der Waals surface area contributed by atoms with E-state index in [-0.39, 0.29) is 6.61 Å². The number of aliphatic hydroxyl groups is 1. The number of hydrogen-bond donors (Lipinski definition) is 1. The zero-order valence-electron chi connectivity index (χ0n) is 12.3. The summed E-state index contributed by atoms with van der Waals surface area (Å²) in [5.41, 5.74) is 1.22. The van der Waals surface area contributed by atoms with Crippen molar-refractivity contribution >= 4 is 0 Å². The molecule has 0 saturated heterocycles. The molecule has 3 heteroatoms. The van der Waals surface area contributed by atoms with Crippen LogP contribution in [0.15, 0.2) is 24.3 Å². The lowest BCUT2D eigenvalue weighted by atomic mass is 10.2.